The lowest BCUT2D eigenvalue weighted by Crippen LogP contribution is -1.96. The minimum Gasteiger partial charge on any atom is -0.465 e. The summed E-state index contributed by atoms with van der Waals surface area (Å²) in [5.41, 5.74) is 1.21. The lowest BCUT2D eigenvalue weighted by atomic mass is 10.2. The molecular formula is C13H14N2OS. The van der Waals surface area contributed by atoms with Gasteiger partial charge in [-0.3, -0.25) is 0 Å². The van der Waals surface area contributed by atoms with Crippen LogP contribution in [-0.4, -0.2) is 11.5 Å². The Morgan fingerprint density at radius 2 is 2.35 bits per heavy atom. The van der Waals surface area contributed by atoms with Crippen molar-refractivity contribution in [2.24, 2.45) is 0 Å². The van der Waals surface area contributed by atoms with Gasteiger partial charge < -0.3 is 9.73 Å². The van der Waals surface area contributed by atoms with E-state index in [4.69, 9.17) is 4.42 Å². The average Bonchev–Trinajstić information content (AvgIpc) is 2.93. The van der Waals surface area contributed by atoms with Crippen molar-refractivity contribution in [2.45, 2.75) is 19.3 Å². The van der Waals surface area contributed by atoms with Crippen LogP contribution < -0.4 is 5.32 Å². The predicted octanol–water partition coefficient (Wildman–Crippen LogP) is 3.65. The van der Waals surface area contributed by atoms with E-state index in [2.05, 4.69) is 10.3 Å². The van der Waals surface area contributed by atoms with Crippen LogP contribution in [0.25, 0.3) is 12.2 Å². The van der Waals surface area contributed by atoms with Crippen molar-refractivity contribution in [3.8, 4) is 0 Å². The lowest BCUT2D eigenvalue weighted by molar-refractivity contribution is 0.557. The first-order chi connectivity index (χ1) is 8.42. The fourth-order valence-electron chi connectivity index (χ4n) is 1.91. The van der Waals surface area contributed by atoms with Gasteiger partial charge in [0.05, 0.1) is 12.0 Å². The van der Waals surface area contributed by atoms with Gasteiger partial charge >= 0.3 is 0 Å². The summed E-state index contributed by atoms with van der Waals surface area (Å²) < 4.78 is 5.25. The van der Waals surface area contributed by atoms with Crippen molar-refractivity contribution >= 4 is 28.5 Å². The SMILES string of the molecule is C(=Cc1nc2c(s1)NCCCC2)c1ccco1. The van der Waals surface area contributed by atoms with E-state index in [9.17, 15) is 0 Å². The summed E-state index contributed by atoms with van der Waals surface area (Å²) in [6.07, 6.45) is 9.20. The summed E-state index contributed by atoms with van der Waals surface area (Å²) >= 11 is 1.72. The van der Waals surface area contributed by atoms with Gasteiger partial charge in [0.1, 0.15) is 15.8 Å². The molecule has 0 amide bonds. The highest BCUT2D eigenvalue weighted by atomic mass is 32.1. The van der Waals surface area contributed by atoms with Gasteiger partial charge in [-0.05, 0) is 43.5 Å². The second-order valence-electron chi connectivity index (χ2n) is 4.06. The zero-order valence-corrected chi connectivity index (χ0v) is 10.3. The zero-order chi connectivity index (χ0) is 11.5. The molecule has 17 heavy (non-hydrogen) atoms. The van der Waals surface area contributed by atoms with Gasteiger partial charge in [0.2, 0.25) is 0 Å². The van der Waals surface area contributed by atoms with Crippen LogP contribution in [-0.2, 0) is 6.42 Å². The minimum absolute atomic E-state index is 0.864. The van der Waals surface area contributed by atoms with Gasteiger partial charge in [-0.2, -0.15) is 0 Å². The van der Waals surface area contributed by atoms with E-state index < -0.39 is 0 Å². The van der Waals surface area contributed by atoms with Crippen molar-refractivity contribution in [3.63, 3.8) is 0 Å². The maximum atomic E-state index is 5.25. The van der Waals surface area contributed by atoms with Crippen molar-refractivity contribution < 1.29 is 4.42 Å². The fraction of sp³-hybridized carbons (Fsp3) is 0.308. The molecule has 2 aromatic heterocycles. The van der Waals surface area contributed by atoms with E-state index in [0.717, 1.165) is 23.7 Å². The van der Waals surface area contributed by atoms with Crippen LogP contribution in [0.15, 0.2) is 22.8 Å². The predicted molar refractivity (Wildman–Crippen MR) is 71.2 cm³/mol. The first-order valence-corrected chi connectivity index (χ1v) is 6.68. The number of rotatable bonds is 2. The Kier molecular flexibility index (Phi) is 2.96. The number of anilines is 1. The number of aryl methyl sites for hydroxylation is 1. The Bertz CT molecular complexity index is 490. The normalized spacial score (nSPS) is 15.5. The van der Waals surface area contributed by atoms with Crippen LogP contribution in [0, 0.1) is 0 Å². The maximum absolute atomic E-state index is 5.25. The van der Waals surface area contributed by atoms with E-state index in [1.54, 1.807) is 17.6 Å². The Labute approximate surface area is 104 Å². The number of furan rings is 1. The summed E-state index contributed by atoms with van der Waals surface area (Å²) in [4.78, 5) is 4.64. The third-order valence-corrected chi connectivity index (χ3v) is 3.79. The molecule has 2 aromatic rings. The summed E-state index contributed by atoms with van der Waals surface area (Å²) in [5.74, 6) is 0.864. The van der Waals surface area contributed by atoms with E-state index in [-0.39, 0.29) is 0 Å². The molecule has 0 saturated carbocycles. The van der Waals surface area contributed by atoms with Gasteiger partial charge in [-0.15, -0.1) is 0 Å². The van der Waals surface area contributed by atoms with Crippen LogP contribution in [0.4, 0.5) is 5.00 Å². The number of fused-ring (bicyclic) bond motifs is 1. The summed E-state index contributed by atoms with van der Waals surface area (Å²) in [5, 5.41) is 5.72. The summed E-state index contributed by atoms with van der Waals surface area (Å²) in [7, 11) is 0. The fourth-order valence-corrected chi connectivity index (χ4v) is 2.85. The van der Waals surface area contributed by atoms with E-state index in [0.29, 0.717) is 0 Å². The third kappa shape index (κ3) is 2.42. The first-order valence-electron chi connectivity index (χ1n) is 5.87. The molecule has 1 N–H and O–H groups in total. The average molecular weight is 246 g/mol. The second kappa shape index (κ2) is 4.75. The summed E-state index contributed by atoms with van der Waals surface area (Å²) in [6.45, 7) is 1.07. The first kappa shape index (κ1) is 10.6. The molecule has 3 heterocycles. The molecule has 0 saturated heterocycles. The van der Waals surface area contributed by atoms with Crippen LogP contribution in [0.5, 0.6) is 0 Å². The molecule has 88 valence electrons. The molecule has 1 aliphatic heterocycles. The van der Waals surface area contributed by atoms with Crippen LogP contribution in [0.2, 0.25) is 0 Å². The molecule has 0 spiro atoms. The highest BCUT2D eigenvalue weighted by Gasteiger charge is 2.12. The van der Waals surface area contributed by atoms with Crippen LogP contribution in [0.3, 0.4) is 0 Å². The van der Waals surface area contributed by atoms with Crippen LogP contribution in [0.1, 0.15) is 29.3 Å². The molecule has 0 fully saturated rings. The minimum atomic E-state index is 0.864. The highest BCUT2D eigenvalue weighted by molar-refractivity contribution is 7.16. The molecule has 4 heteroatoms. The Morgan fingerprint density at radius 3 is 3.24 bits per heavy atom. The van der Waals surface area contributed by atoms with Crippen molar-refractivity contribution in [3.05, 3.63) is 34.9 Å². The second-order valence-corrected chi connectivity index (χ2v) is 5.09. The molecular weight excluding hydrogens is 232 g/mol. The topological polar surface area (TPSA) is 38.1 Å². The molecule has 0 aliphatic carbocycles. The molecule has 3 rings (SSSR count). The molecule has 0 unspecified atom stereocenters. The van der Waals surface area contributed by atoms with Crippen LogP contribution >= 0.6 is 11.3 Å². The molecule has 0 aromatic carbocycles. The lowest BCUT2D eigenvalue weighted by Gasteiger charge is -1.96. The van der Waals surface area contributed by atoms with Gasteiger partial charge in [0.15, 0.2) is 0 Å². The number of nitrogens with zero attached hydrogens (tertiary/aromatic N) is 1. The highest BCUT2D eigenvalue weighted by Crippen LogP contribution is 2.29. The molecule has 1 aliphatic rings. The van der Waals surface area contributed by atoms with Crippen molar-refractivity contribution in [2.75, 3.05) is 11.9 Å². The Hall–Kier alpha value is -1.55. The quantitative estimate of drug-likeness (QED) is 0.878. The van der Waals surface area contributed by atoms with Gasteiger partial charge in [-0.25, -0.2) is 4.98 Å². The van der Waals surface area contributed by atoms with Crippen molar-refractivity contribution in [1.82, 2.24) is 4.98 Å². The molecule has 3 nitrogen and oxygen atoms in total. The van der Waals surface area contributed by atoms with Gasteiger partial charge in [0.25, 0.3) is 0 Å². The Morgan fingerprint density at radius 1 is 1.35 bits per heavy atom. The van der Waals surface area contributed by atoms with Crippen molar-refractivity contribution in [1.29, 1.82) is 0 Å². The number of nitrogens with one attached hydrogen (secondary N) is 1. The van der Waals surface area contributed by atoms with E-state index >= 15 is 0 Å². The number of thiazole rings is 1. The number of aromatic nitrogens is 1. The molecule has 0 radical (unpaired) electrons. The number of hydrogen-bond donors (Lipinski definition) is 1. The standard InChI is InChI=1S/C13H14N2OS/c1-2-8-14-13-11(5-1)15-12(17-13)7-6-10-4-3-9-16-10/h3-4,6-7,9,14H,1-2,5,8H2. The van der Waals surface area contributed by atoms with Gasteiger partial charge in [-0.1, -0.05) is 11.3 Å². The zero-order valence-electron chi connectivity index (χ0n) is 9.48. The maximum Gasteiger partial charge on any atom is 0.126 e. The smallest absolute Gasteiger partial charge is 0.126 e. The van der Waals surface area contributed by atoms with E-state index in [1.807, 2.05) is 24.3 Å². The monoisotopic (exact) mass is 246 g/mol. The Balaban J connectivity index is 1.80. The largest absolute Gasteiger partial charge is 0.465 e. The third-order valence-electron chi connectivity index (χ3n) is 2.77. The van der Waals surface area contributed by atoms with E-state index in [1.165, 1.54) is 23.5 Å². The molecule has 0 atom stereocenters. The van der Waals surface area contributed by atoms with Gasteiger partial charge in [0, 0.05) is 6.54 Å². The number of hydrogen-bond acceptors (Lipinski definition) is 4. The summed E-state index contributed by atoms with van der Waals surface area (Å²) in [6, 6.07) is 3.82. The molecule has 0 bridgehead atoms.